The molecule has 0 aromatic heterocycles. The van der Waals surface area contributed by atoms with Gasteiger partial charge in [-0.1, -0.05) is 18.2 Å². The van der Waals surface area contributed by atoms with Gasteiger partial charge in [0.2, 0.25) is 0 Å². The van der Waals surface area contributed by atoms with Gasteiger partial charge >= 0.3 is 0 Å². The number of hydrogen-bond acceptors (Lipinski definition) is 3. The van der Waals surface area contributed by atoms with Crippen LogP contribution in [0, 0.1) is 0 Å². The van der Waals surface area contributed by atoms with Gasteiger partial charge in [-0.15, -0.1) is 0 Å². The molecule has 1 aliphatic heterocycles. The van der Waals surface area contributed by atoms with E-state index in [0.717, 1.165) is 24.9 Å². The van der Waals surface area contributed by atoms with Gasteiger partial charge in [0.05, 0.1) is 5.75 Å². The Morgan fingerprint density at radius 3 is 2.88 bits per heavy atom. The van der Waals surface area contributed by atoms with Crippen molar-refractivity contribution in [3.8, 4) is 0 Å². The highest BCUT2D eigenvalue weighted by Gasteiger charge is 2.17. The van der Waals surface area contributed by atoms with Crippen LogP contribution in [-0.4, -0.2) is 24.8 Å². The molecule has 0 saturated heterocycles. The maximum atomic E-state index is 10.6. The Labute approximate surface area is 102 Å². The highest BCUT2D eigenvalue weighted by molar-refractivity contribution is 7.85. The standard InChI is InChI=1S/C12H17NO3S/c14-17(15,16)9-3-5-11-8-7-10-4-1-2-6-12(10)13-11/h1-2,4,6,11,13H,3,5,7-9H2,(H,14,15,16). The first kappa shape index (κ1) is 12.4. The van der Waals surface area contributed by atoms with Crippen molar-refractivity contribution in [2.24, 2.45) is 0 Å². The van der Waals surface area contributed by atoms with Crippen molar-refractivity contribution in [2.75, 3.05) is 11.1 Å². The van der Waals surface area contributed by atoms with E-state index in [1.54, 1.807) is 0 Å². The van der Waals surface area contributed by atoms with Crippen LogP contribution in [0.5, 0.6) is 0 Å². The molecule has 0 spiro atoms. The molecule has 1 heterocycles. The molecule has 0 saturated carbocycles. The van der Waals surface area contributed by atoms with Crippen LogP contribution >= 0.6 is 0 Å². The second kappa shape index (κ2) is 5.06. The molecule has 1 aromatic rings. The van der Waals surface area contributed by atoms with Crippen molar-refractivity contribution in [1.82, 2.24) is 0 Å². The Balaban J connectivity index is 1.86. The molecule has 2 rings (SSSR count). The summed E-state index contributed by atoms with van der Waals surface area (Å²) >= 11 is 0. The van der Waals surface area contributed by atoms with Crippen molar-refractivity contribution >= 4 is 15.8 Å². The van der Waals surface area contributed by atoms with Crippen LogP contribution in [0.1, 0.15) is 24.8 Å². The molecule has 0 bridgehead atoms. The van der Waals surface area contributed by atoms with Crippen LogP contribution in [0.15, 0.2) is 24.3 Å². The van der Waals surface area contributed by atoms with E-state index in [-0.39, 0.29) is 5.75 Å². The van der Waals surface area contributed by atoms with Crippen molar-refractivity contribution in [1.29, 1.82) is 0 Å². The molecular weight excluding hydrogens is 238 g/mol. The summed E-state index contributed by atoms with van der Waals surface area (Å²) in [5, 5.41) is 3.41. The summed E-state index contributed by atoms with van der Waals surface area (Å²) in [7, 11) is -3.81. The monoisotopic (exact) mass is 255 g/mol. The van der Waals surface area contributed by atoms with Crippen molar-refractivity contribution in [3.63, 3.8) is 0 Å². The van der Waals surface area contributed by atoms with Crippen LogP contribution in [0.3, 0.4) is 0 Å². The lowest BCUT2D eigenvalue weighted by Gasteiger charge is -2.26. The van der Waals surface area contributed by atoms with E-state index in [9.17, 15) is 8.42 Å². The van der Waals surface area contributed by atoms with Gasteiger partial charge in [-0.05, 0) is 37.3 Å². The summed E-state index contributed by atoms with van der Waals surface area (Å²) in [5.74, 6) is -0.146. The third kappa shape index (κ3) is 3.71. The lowest BCUT2D eigenvalue weighted by atomic mass is 9.96. The molecule has 0 amide bonds. The predicted octanol–water partition coefficient (Wildman–Crippen LogP) is 2.08. The highest BCUT2D eigenvalue weighted by atomic mass is 32.2. The van der Waals surface area contributed by atoms with Crippen LogP contribution in [0.25, 0.3) is 0 Å². The Hall–Kier alpha value is -1.07. The second-order valence-corrected chi connectivity index (χ2v) is 6.04. The topological polar surface area (TPSA) is 66.4 Å². The van der Waals surface area contributed by atoms with Gasteiger partial charge in [0.15, 0.2) is 0 Å². The third-order valence-electron chi connectivity index (χ3n) is 3.09. The molecule has 1 atom stereocenters. The molecule has 1 unspecified atom stereocenters. The first-order chi connectivity index (χ1) is 8.04. The van der Waals surface area contributed by atoms with E-state index in [1.165, 1.54) is 5.56 Å². The fourth-order valence-electron chi connectivity index (χ4n) is 2.23. The van der Waals surface area contributed by atoms with Gasteiger partial charge in [-0.2, -0.15) is 8.42 Å². The average molecular weight is 255 g/mol. The summed E-state index contributed by atoms with van der Waals surface area (Å²) in [6, 6.07) is 8.48. The summed E-state index contributed by atoms with van der Waals surface area (Å²) in [5.41, 5.74) is 2.47. The molecule has 94 valence electrons. The number of para-hydroxylation sites is 1. The first-order valence-electron chi connectivity index (χ1n) is 5.84. The van der Waals surface area contributed by atoms with Gasteiger partial charge in [0, 0.05) is 11.7 Å². The summed E-state index contributed by atoms with van der Waals surface area (Å²) in [6.45, 7) is 0. The average Bonchev–Trinajstić information content (AvgIpc) is 2.27. The molecule has 1 aromatic carbocycles. The minimum atomic E-state index is -3.81. The normalized spacial score (nSPS) is 19.5. The minimum Gasteiger partial charge on any atom is -0.382 e. The number of benzene rings is 1. The molecule has 5 heteroatoms. The zero-order chi connectivity index (χ0) is 12.3. The van der Waals surface area contributed by atoms with Gasteiger partial charge in [-0.3, -0.25) is 4.55 Å². The SMILES string of the molecule is O=S(=O)(O)CCCC1CCc2ccccc2N1. The van der Waals surface area contributed by atoms with Crippen molar-refractivity contribution in [2.45, 2.75) is 31.7 Å². The number of fused-ring (bicyclic) bond motifs is 1. The van der Waals surface area contributed by atoms with E-state index in [4.69, 9.17) is 4.55 Å². The fourth-order valence-corrected chi connectivity index (χ4v) is 2.76. The third-order valence-corrected chi connectivity index (χ3v) is 3.90. The Morgan fingerprint density at radius 1 is 1.35 bits per heavy atom. The Bertz CT molecular complexity index is 484. The molecule has 2 N–H and O–H groups in total. The molecular formula is C12H17NO3S. The molecule has 4 nitrogen and oxygen atoms in total. The smallest absolute Gasteiger partial charge is 0.264 e. The van der Waals surface area contributed by atoms with E-state index in [2.05, 4.69) is 11.4 Å². The van der Waals surface area contributed by atoms with E-state index in [1.807, 2.05) is 18.2 Å². The molecule has 0 fully saturated rings. The lowest BCUT2D eigenvalue weighted by Crippen LogP contribution is -2.26. The minimum absolute atomic E-state index is 0.146. The Kier molecular flexibility index (Phi) is 3.69. The fraction of sp³-hybridized carbons (Fsp3) is 0.500. The second-order valence-electron chi connectivity index (χ2n) is 4.47. The number of hydrogen-bond donors (Lipinski definition) is 2. The zero-order valence-corrected chi connectivity index (χ0v) is 10.4. The van der Waals surface area contributed by atoms with E-state index < -0.39 is 10.1 Å². The number of aryl methyl sites for hydroxylation is 1. The predicted molar refractivity (Wildman–Crippen MR) is 67.8 cm³/mol. The van der Waals surface area contributed by atoms with Crippen LogP contribution in [0.4, 0.5) is 5.69 Å². The van der Waals surface area contributed by atoms with Gasteiger partial charge < -0.3 is 5.32 Å². The van der Waals surface area contributed by atoms with Gasteiger partial charge in [0.1, 0.15) is 0 Å². The maximum Gasteiger partial charge on any atom is 0.264 e. The Morgan fingerprint density at radius 2 is 2.12 bits per heavy atom. The number of nitrogens with one attached hydrogen (secondary N) is 1. The summed E-state index contributed by atoms with van der Waals surface area (Å²) < 4.78 is 29.9. The van der Waals surface area contributed by atoms with Gasteiger partial charge in [0.25, 0.3) is 10.1 Å². The van der Waals surface area contributed by atoms with Crippen LogP contribution in [-0.2, 0) is 16.5 Å². The van der Waals surface area contributed by atoms with Crippen molar-refractivity contribution < 1.29 is 13.0 Å². The lowest BCUT2D eigenvalue weighted by molar-refractivity contribution is 0.477. The quantitative estimate of drug-likeness (QED) is 0.808. The first-order valence-corrected chi connectivity index (χ1v) is 7.45. The molecule has 1 aliphatic rings. The van der Waals surface area contributed by atoms with E-state index in [0.29, 0.717) is 12.5 Å². The summed E-state index contributed by atoms with van der Waals surface area (Å²) in [4.78, 5) is 0. The maximum absolute atomic E-state index is 10.6. The molecule has 0 aliphatic carbocycles. The van der Waals surface area contributed by atoms with Crippen LogP contribution in [0.2, 0.25) is 0 Å². The molecule has 17 heavy (non-hydrogen) atoms. The van der Waals surface area contributed by atoms with Crippen molar-refractivity contribution in [3.05, 3.63) is 29.8 Å². The highest BCUT2D eigenvalue weighted by Crippen LogP contribution is 2.25. The zero-order valence-electron chi connectivity index (χ0n) is 9.59. The summed E-state index contributed by atoms with van der Waals surface area (Å²) in [6.07, 6.45) is 3.31. The molecule has 0 radical (unpaired) electrons. The van der Waals surface area contributed by atoms with E-state index >= 15 is 0 Å². The largest absolute Gasteiger partial charge is 0.382 e. The van der Waals surface area contributed by atoms with Crippen LogP contribution < -0.4 is 5.32 Å². The number of anilines is 1. The van der Waals surface area contributed by atoms with Gasteiger partial charge in [-0.25, -0.2) is 0 Å². The number of rotatable bonds is 4.